The van der Waals surface area contributed by atoms with Gasteiger partial charge in [0.15, 0.2) is 0 Å². The van der Waals surface area contributed by atoms with E-state index in [0.29, 0.717) is 6.61 Å². The third-order valence-electron chi connectivity index (χ3n) is 10.3. The second-order valence-corrected chi connectivity index (χ2v) is 17.6. The average molecular weight is 724 g/mol. The van der Waals surface area contributed by atoms with Crippen LogP contribution in [0.2, 0.25) is 0 Å². The number of nitrogens with zero attached hydrogens (tertiary/aromatic N) is 2. The van der Waals surface area contributed by atoms with Gasteiger partial charge in [0, 0.05) is 19.0 Å². The third-order valence-corrected chi connectivity index (χ3v) is 12.5. The molecule has 0 bridgehead atoms. The Bertz CT molecular complexity index is 1170. The zero-order valence-electron chi connectivity index (χ0n) is 36.5. The predicted molar refractivity (Wildman–Crippen MR) is 213 cm³/mol. The van der Waals surface area contributed by atoms with Crippen molar-refractivity contribution in [2.24, 2.45) is 17.8 Å². The summed E-state index contributed by atoms with van der Waals surface area (Å²) in [6, 6.07) is 0.356. The van der Waals surface area contributed by atoms with E-state index in [2.05, 4.69) is 92.6 Å². The first-order chi connectivity index (χ1) is 24.6. The van der Waals surface area contributed by atoms with Crippen molar-refractivity contribution in [3.8, 4) is 11.5 Å². The van der Waals surface area contributed by atoms with E-state index in [4.69, 9.17) is 33.0 Å². The Morgan fingerprint density at radius 1 is 0.960 bits per heavy atom. The summed E-state index contributed by atoms with van der Waals surface area (Å²) in [5, 5.41) is 4.82. The Labute approximate surface area is 313 Å². The number of rotatable bonds is 25. The second-order valence-electron chi connectivity index (χ2n) is 16.1. The Balaban J connectivity index is 0.00000664. The van der Waals surface area contributed by atoms with Gasteiger partial charge in [0.1, 0.15) is 36.4 Å². The molecule has 0 fully saturated rings. The Hall–Kier alpha value is -1.42. The van der Waals surface area contributed by atoms with Crippen LogP contribution in [0.5, 0.6) is 11.5 Å². The van der Waals surface area contributed by atoms with Crippen LogP contribution in [-0.2, 0) is 15.5 Å². The zero-order chi connectivity index (χ0) is 39.4. The molecule has 1 aromatic carbocycles. The fourth-order valence-electron chi connectivity index (χ4n) is 7.18. The maximum absolute atomic E-state index is 7.49. The van der Waals surface area contributed by atoms with Crippen molar-refractivity contribution in [2.75, 3.05) is 26.4 Å². The van der Waals surface area contributed by atoms with Gasteiger partial charge in [-0.2, -0.15) is 0 Å². The summed E-state index contributed by atoms with van der Waals surface area (Å²) in [7, 11) is -0.230. The van der Waals surface area contributed by atoms with Crippen molar-refractivity contribution in [3.05, 3.63) is 33.7 Å². The summed E-state index contributed by atoms with van der Waals surface area (Å²) in [5.74, 6) is 4.32. The molecule has 2 rings (SSSR count). The highest BCUT2D eigenvalue weighted by Gasteiger charge is 2.35. The van der Waals surface area contributed by atoms with Gasteiger partial charge in [0.05, 0.1) is 6.61 Å². The SMILES string of the molecule is [2H]OCC(COc1c(C)c(C)c2c(c1C)CCC(C)(CCCC(C)CCCC(C)CCCC(C)C)O2)OP(OCC[N+]#[C-])N(C(C)C)C(C)C.[3H]C. The summed E-state index contributed by atoms with van der Waals surface area (Å²) in [6.07, 6.45) is 13.2. The van der Waals surface area contributed by atoms with E-state index in [1.165, 1.54) is 64.3 Å². The van der Waals surface area contributed by atoms with Crippen molar-refractivity contribution in [1.29, 1.82) is 1.43 Å². The topological polar surface area (TPSA) is 64.8 Å². The molecule has 1 N–H and O–H groups in total. The quantitative estimate of drug-likeness (QED) is 0.0615. The Morgan fingerprint density at radius 2 is 1.56 bits per heavy atom. The van der Waals surface area contributed by atoms with Crippen LogP contribution < -0.4 is 9.47 Å². The van der Waals surface area contributed by atoms with E-state index >= 15 is 0 Å². The largest absolute Gasteiger partial charge is 0.490 e. The molecule has 0 amide bonds. The minimum atomic E-state index is -1.48. The molecule has 0 spiro atoms. The molecule has 0 radical (unpaired) electrons. The van der Waals surface area contributed by atoms with Gasteiger partial charge in [-0.1, -0.05) is 80.0 Å². The van der Waals surface area contributed by atoms with Crippen LogP contribution >= 0.6 is 8.53 Å². The first kappa shape index (κ1) is 43.0. The van der Waals surface area contributed by atoms with Crippen LogP contribution in [0, 0.1) is 45.1 Å². The molecular weight excluding hydrogens is 643 g/mol. The molecule has 1 aliphatic heterocycles. The van der Waals surface area contributed by atoms with Crippen molar-refractivity contribution in [1.82, 2.24) is 4.67 Å². The van der Waals surface area contributed by atoms with E-state index in [9.17, 15) is 0 Å². The first-order valence-electron chi connectivity index (χ1n) is 20.8. The Morgan fingerprint density at radius 3 is 2.12 bits per heavy atom. The average Bonchev–Trinajstić information content (AvgIpc) is 3.07. The highest BCUT2D eigenvalue weighted by Crippen LogP contribution is 2.48. The van der Waals surface area contributed by atoms with E-state index in [1.54, 1.807) is 0 Å². The lowest BCUT2D eigenvalue weighted by atomic mass is 9.83. The van der Waals surface area contributed by atoms with Gasteiger partial charge in [0.25, 0.3) is 8.53 Å². The number of ether oxygens (including phenoxy) is 2. The lowest BCUT2D eigenvalue weighted by Gasteiger charge is -2.39. The van der Waals surface area contributed by atoms with Crippen molar-refractivity contribution in [3.63, 3.8) is 0 Å². The molecule has 8 heteroatoms. The van der Waals surface area contributed by atoms with Crippen LogP contribution in [0.3, 0.4) is 0 Å². The van der Waals surface area contributed by atoms with Crippen LogP contribution in [0.25, 0.3) is 4.85 Å². The number of hydrogen-bond donors (Lipinski definition) is 1. The van der Waals surface area contributed by atoms with Gasteiger partial charge >= 0.3 is 0 Å². The minimum Gasteiger partial charge on any atom is -0.490 e. The minimum absolute atomic E-state index is 0.0503. The van der Waals surface area contributed by atoms with Gasteiger partial charge in [-0.15, -0.1) is 0 Å². The summed E-state index contributed by atoms with van der Waals surface area (Å²) in [6.45, 7) is 34.6. The van der Waals surface area contributed by atoms with E-state index in [1.807, 2.05) is 0 Å². The lowest BCUT2D eigenvalue weighted by molar-refractivity contribution is 0.0485. The predicted octanol–water partition coefficient (Wildman–Crippen LogP) is 11.8. The van der Waals surface area contributed by atoms with E-state index < -0.39 is 14.6 Å². The molecular formula is C42H77N2O5P. The highest BCUT2D eigenvalue weighted by molar-refractivity contribution is 7.44. The van der Waals surface area contributed by atoms with Gasteiger partial charge in [0.2, 0.25) is 7.98 Å². The van der Waals surface area contributed by atoms with Gasteiger partial charge < -0.3 is 28.5 Å². The number of aliphatic hydroxyl groups is 1. The maximum Gasteiger partial charge on any atom is 0.259 e. The molecule has 1 aliphatic rings. The smallest absolute Gasteiger partial charge is 0.259 e. The third kappa shape index (κ3) is 14.9. The summed E-state index contributed by atoms with van der Waals surface area (Å²) in [5.41, 5.74) is 4.40. The molecule has 5 atom stereocenters. The van der Waals surface area contributed by atoms with Crippen LogP contribution in [0.1, 0.15) is 158 Å². The molecule has 0 aliphatic carbocycles. The monoisotopic (exact) mass is 724 g/mol. The normalized spacial score (nSPS) is 18.8. The van der Waals surface area contributed by atoms with Gasteiger partial charge in [-0.05, 0) is 116 Å². The molecule has 1 aromatic rings. The first-order valence-corrected chi connectivity index (χ1v) is 20.5. The van der Waals surface area contributed by atoms with Crippen molar-refractivity contribution >= 4 is 8.53 Å². The van der Waals surface area contributed by atoms with E-state index in [-0.39, 0.29) is 37.4 Å². The summed E-state index contributed by atoms with van der Waals surface area (Å²) < 4.78 is 41.4. The number of benzene rings is 1. The number of fused-ring (bicyclic) bond motifs is 1. The Kier molecular flexibility index (Phi) is 20.0. The second kappa shape index (κ2) is 23.3. The molecule has 5 unspecified atom stereocenters. The van der Waals surface area contributed by atoms with Crippen LogP contribution in [-0.4, -0.2) is 61.4 Å². The molecule has 1 heterocycles. The van der Waals surface area contributed by atoms with Crippen LogP contribution in [0.4, 0.5) is 0 Å². The van der Waals surface area contributed by atoms with E-state index in [0.717, 1.165) is 65.2 Å². The van der Waals surface area contributed by atoms with Crippen LogP contribution in [0.15, 0.2) is 0 Å². The maximum atomic E-state index is 7.49. The molecule has 0 saturated carbocycles. The summed E-state index contributed by atoms with van der Waals surface area (Å²) >= 11 is 0. The standard InChI is InChI=1S/C41H73N2O5P.CH4/c1-29(2)17-14-18-32(7)19-15-20-33(8)21-16-23-41(12)24-22-38-36(11)39(34(9)35(10)40(38)47-41)45-28-37(27-44)48-49(46-26-25-42-13)43(30(3)4)31(5)6;/h29-33,37,44H,14-28H2,1-12H3;1H4/i44D;1T. The molecule has 0 saturated heterocycles. The summed E-state index contributed by atoms with van der Waals surface area (Å²) in [4.78, 5) is 3.44. The molecule has 290 valence electrons. The zero-order valence-corrected chi connectivity index (χ0v) is 35.3. The lowest BCUT2D eigenvalue weighted by Crippen LogP contribution is -2.37. The van der Waals surface area contributed by atoms with Crippen molar-refractivity contribution in [2.45, 2.75) is 185 Å². The highest BCUT2D eigenvalue weighted by atomic mass is 31.2. The fourth-order valence-corrected chi connectivity index (χ4v) is 8.85. The molecule has 0 aromatic heterocycles. The van der Waals surface area contributed by atoms with Crippen molar-refractivity contribution < 1.29 is 25.0 Å². The fraction of sp³-hybridized carbons (Fsp3) is 0.833. The molecule has 50 heavy (non-hydrogen) atoms. The van der Waals surface area contributed by atoms with Gasteiger partial charge in [-0.3, -0.25) is 0 Å². The number of aliphatic hydroxyl groups excluding tert-OH is 1. The number of hydrogen-bond acceptors (Lipinski definition) is 6. The molecule has 7 nitrogen and oxygen atoms in total. The van der Waals surface area contributed by atoms with Gasteiger partial charge in [-0.25, -0.2) is 11.2 Å².